The first-order valence-electron chi connectivity index (χ1n) is 5.68. The van der Waals surface area contributed by atoms with Crippen molar-refractivity contribution < 1.29 is 0 Å². The van der Waals surface area contributed by atoms with E-state index < -0.39 is 0 Å². The van der Waals surface area contributed by atoms with Gasteiger partial charge >= 0.3 is 0 Å². The molecule has 14 heavy (non-hydrogen) atoms. The van der Waals surface area contributed by atoms with Gasteiger partial charge in [0, 0.05) is 6.42 Å². The molecule has 76 valence electrons. The van der Waals surface area contributed by atoms with Crippen molar-refractivity contribution in [2.75, 3.05) is 6.54 Å². The first kappa shape index (κ1) is 9.77. The number of rotatable bonds is 3. The van der Waals surface area contributed by atoms with E-state index in [-0.39, 0.29) is 0 Å². The number of hydrogen-bond donors (Lipinski definition) is 0. The SMILES string of the molecule is [C-]#[N+]CCCC1=CC[C@H]2C[C@@H]1C2(C)C. The zero-order valence-corrected chi connectivity index (χ0v) is 9.21. The van der Waals surface area contributed by atoms with Crippen molar-refractivity contribution in [1.82, 2.24) is 0 Å². The standard InChI is InChI=1S/C13H19N/c1-13(2)11-7-6-10(12(13)9-11)5-4-8-14-3/h6,11-12H,4-5,7-9H2,1-2H3/t11-,12-/m0/s1. The van der Waals surface area contributed by atoms with Crippen LogP contribution in [0.4, 0.5) is 0 Å². The minimum Gasteiger partial charge on any atom is -0.317 e. The Labute approximate surface area is 87.0 Å². The van der Waals surface area contributed by atoms with Gasteiger partial charge in [-0.25, -0.2) is 6.57 Å². The van der Waals surface area contributed by atoms with Gasteiger partial charge in [-0.15, -0.1) is 0 Å². The van der Waals surface area contributed by atoms with Crippen molar-refractivity contribution in [2.45, 2.75) is 39.5 Å². The number of fused-ring (bicyclic) bond motifs is 1. The molecule has 1 nitrogen and oxygen atoms in total. The molecule has 2 bridgehead atoms. The van der Waals surface area contributed by atoms with Gasteiger partial charge < -0.3 is 4.85 Å². The molecule has 0 spiro atoms. The number of hydrogen-bond acceptors (Lipinski definition) is 0. The Bertz CT molecular complexity index is 293. The monoisotopic (exact) mass is 189 g/mol. The molecule has 0 aliphatic heterocycles. The van der Waals surface area contributed by atoms with E-state index in [1.807, 2.05) is 0 Å². The van der Waals surface area contributed by atoms with Crippen molar-refractivity contribution in [1.29, 1.82) is 0 Å². The predicted octanol–water partition coefficient (Wildman–Crippen LogP) is 3.68. The summed E-state index contributed by atoms with van der Waals surface area (Å²) < 4.78 is 0. The lowest BCUT2D eigenvalue weighted by atomic mass is 9.48. The van der Waals surface area contributed by atoms with Gasteiger partial charge in [0.1, 0.15) is 0 Å². The summed E-state index contributed by atoms with van der Waals surface area (Å²) in [6.45, 7) is 12.3. The number of nitrogens with zero attached hydrogens (tertiary/aromatic N) is 1. The molecule has 0 radical (unpaired) electrons. The molecule has 2 atom stereocenters. The highest BCUT2D eigenvalue weighted by Crippen LogP contribution is 2.59. The van der Waals surface area contributed by atoms with E-state index in [0.717, 1.165) is 18.3 Å². The van der Waals surface area contributed by atoms with Crippen LogP contribution >= 0.6 is 0 Å². The van der Waals surface area contributed by atoms with Crippen molar-refractivity contribution in [3.8, 4) is 0 Å². The van der Waals surface area contributed by atoms with Crippen LogP contribution in [0.5, 0.6) is 0 Å². The van der Waals surface area contributed by atoms with Gasteiger partial charge in [0.05, 0.1) is 0 Å². The van der Waals surface area contributed by atoms with Crippen LogP contribution < -0.4 is 0 Å². The van der Waals surface area contributed by atoms with Crippen LogP contribution in [0, 0.1) is 23.8 Å². The van der Waals surface area contributed by atoms with Crippen molar-refractivity contribution in [2.24, 2.45) is 17.3 Å². The molecular formula is C13H19N. The van der Waals surface area contributed by atoms with E-state index in [9.17, 15) is 0 Å². The molecule has 0 N–H and O–H groups in total. The number of allylic oxidation sites excluding steroid dienone is 2. The van der Waals surface area contributed by atoms with Gasteiger partial charge in [-0.1, -0.05) is 25.5 Å². The van der Waals surface area contributed by atoms with Gasteiger partial charge in [0.15, 0.2) is 0 Å². The van der Waals surface area contributed by atoms with Crippen molar-refractivity contribution in [3.63, 3.8) is 0 Å². The van der Waals surface area contributed by atoms with E-state index in [4.69, 9.17) is 6.57 Å². The second-order valence-corrected chi connectivity index (χ2v) is 5.31. The highest BCUT2D eigenvalue weighted by molar-refractivity contribution is 5.23. The average Bonchev–Trinajstić information content (AvgIpc) is 2.18. The largest absolute Gasteiger partial charge is 0.317 e. The van der Waals surface area contributed by atoms with Gasteiger partial charge in [-0.05, 0) is 36.5 Å². The zero-order valence-electron chi connectivity index (χ0n) is 9.21. The molecule has 3 aliphatic rings. The van der Waals surface area contributed by atoms with E-state index in [2.05, 4.69) is 24.8 Å². The molecule has 0 heterocycles. The van der Waals surface area contributed by atoms with Gasteiger partial charge in [0.2, 0.25) is 6.54 Å². The second-order valence-electron chi connectivity index (χ2n) is 5.31. The fraction of sp³-hybridized carbons (Fsp3) is 0.769. The topological polar surface area (TPSA) is 4.36 Å². The summed E-state index contributed by atoms with van der Waals surface area (Å²) in [4.78, 5) is 3.42. The molecule has 0 aromatic rings. The minimum atomic E-state index is 0.558. The Kier molecular flexibility index (Phi) is 2.39. The Morgan fingerprint density at radius 3 is 2.93 bits per heavy atom. The van der Waals surface area contributed by atoms with Crippen molar-refractivity contribution >= 4 is 0 Å². The van der Waals surface area contributed by atoms with E-state index >= 15 is 0 Å². The van der Waals surface area contributed by atoms with Crippen LogP contribution in [0.2, 0.25) is 0 Å². The maximum absolute atomic E-state index is 6.76. The molecule has 3 rings (SSSR count). The van der Waals surface area contributed by atoms with Crippen LogP contribution in [-0.2, 0) is 0 Å². The molecular weight excluding hydrogens is 170 g/mol. The summed E-state index contributed by atoms with van der Waals surface area (Å²) in [5, 5.41) is 0. The molecule has 0 aromatic heterocycles. The van der Waals surface area contributed by atoms with Crippen molar-refractivity contribution in [3.05, 3.63) is 23.1 Å². The second kappa shape index (κ2) is 3.42. The third kappa shape index (κ3) is 1.38. The third-order valence-electron chi connectivity index (χ3n) is 4.32. The lowest BCUT2D eigenvalue weighted by Crippen LogP contribution is -2.48. The Balaban J connectivity index is 1.94. The summed E-state index contributed by atoms with van der Waals surface area (Å²) in [7, 11) is 0. The zero-order chi connectivity index (χ0) is 10.2. The van der Waals surface area contributed by atoms with Crippen LogP contribution in [0.3, 0.4) is 0 Å². The summed E-state index contributed by atoms with van der Waals surface area (Å²) in [5.74, 6) is 1.78. The highest BCUT2D eigenvalue weighted by atomic mass is 14.6. The van der Waals surface area contributed by atoms with Gasteiger partial charge in [-0.3, -0.25) is 0 Å². The lowest BCUT2D eigenvalue weighted by Gasteiger charge is -2.56. The molecule has 3 aliphatic carbocycles. The maximum atomic E-state index is 6.76. The molecule has 1 heteroatoms. The Morgan fingerprint density at radius 1 is 1.57 bits per heavy atom. The lowest BCUT2D eigenvalue weighted by molar-refractivity contribution is -0.00826. The first-order valence-corrected chi connectivity index (χ1v) is 5.68. The van der Waals surface area contributed by atoms with Crippen LogP contribution in [0.15, 0.2) is 11.6 Å². The molecule has 1 fully saturated rings. The van der Waals surface area contributed by atoms with Gasteiger partial charge in [0.25, 0.3) is 0 Å². The first-order chi connectivity index (χ1) is 6.66. The van der Waals surface area contributed by atoms with E-state index in [1.54, 1.807) is 5.57 Å². The summed E-state index contributed by atoms with van der Waals surface area (Å²) >= 11 is 0. The summed E-state index contributed by atoms with van der Waals surface area (Å²) in [5.41, 5.74) is 2.21. The van der Waals surface area contributed by atoms with E-state index in [1.165, 1.54) is 19.3 Å². The average molecular weight is 189 g/mol. The fourth-order valence-electron chi connectivity index (χ4n) is 3.12. The smallest absolute Gasteiger partial charge is 0.215 e. The van der Waals surface area contributed by atoms with Crippen LogP contribution in [0.25, 0.3) is 4.85 Å². The maximum Gasteiger partial charge on any atom is 0.215 e. The normalized spacial score (nSPS) is 32.8. The quantitative estimate of drug-likeness (QED) is 0.362. The molecule has 0 aromatic carbocycles. The third-order valence-corrected chi connectivity index (χ3v) is 4.32. The Hall–Kier alpha value is -0.770. The highest BCUT2D eigenvalue weighted by Gasteiger charge is 2.50. The molecule has 0 unspecified atom stereocenters. The summed E-state index contributed by atoms with van der Waals surface area (Å²) in [6, 6.07) is 0. The van der Waals surface area contributed by atoms with Gasteiger partial charge in [-0.2, -0.15) is 0 Å². The van der Waals surface area contributed by atoms with E-state index in [0.29, 0.717) is 12.0 Å². The predicted molar refractivity (Wildman–Crippen MR) is 58.8 cm³/mol. The fourth-order valence-corrected chi connectivity index (χ4v) is 3.12. The molecule has 0 saturated heterocycles. The van der Waals surface area contributed by atoms with Crippen LogP contribution in [0.1, 0.15) is 39.5 Å². The molecule has 1 saturated carbocycles. The minimum absolute atomic E-state index is 0.558. The molecule has 0 amide bonds. The summed E-state index contributed by atoms with van der Waals surface area (Å²) in [6.07, 6.45) is 7.39. The Morgan fingerprint density at radius 2 is 2.36 bits per heavy atom. The van der Waals surface area contributed by atoms with Crippen LogP contribution in [-0.4, -0.2) is 6.54 Å².